The Morgan fingerprint density at radius 2 is 2.00 bits per heavy atom. The summed E-state index contributed by atoms with van der Waals surface area (Å²) < 4.78 is 11.5. The second-order valence-electron chi connectivity index (χ2n) is 4.92. The van der Waals surface area contributed by atoms with Gasteiger partial charge in [-0.1, -0.05) is 23.7 Å². The molecule has 1 N–H and O–H groups in total. The van der Waals surface area contributed by atoms with Crippen molar-refractivity contribution in [2.45, 2.75) is 19.4 Å². The van der Waals surface area contributed by atoms with Gasteiger partial charge in [0.05, 0.1) is 17.4 Å². The van der Waals surface area contributed by atoms with Gasteiger partial charge in [-0.25, -0.2) is 0 Å². The lowest BCUT2D eigenvalue weighted by Crippen LogP contribution is -2.30. The van der Waals surface area contributed by atoms with Gasteiger partial charge in [0.1, 0.15) is 11.9 Å². The molecule has 0 spiro atoms. The van der Waals surface area contributed by atoms with Crippen LogP contribution in [0.25, 0.3) is 0 Å². The van der Waals surface area contributed by atoms with Crippen molar-refractivity contribution in [1.82, 2.24) is 5.32 Å². The highest BCUT2D eigenvalue weighted by Crippen LogP contribution is 2.28. The molecule has 1 aromatic heterocycles. The summed E-state index contributed by atoms with van der Waals surface area (Å²) >= 11 is 7.39. The van der Waals surface area contributed by atoms with E-state index in [2.05, 4.69) is 5.32 Å². The predicted molar refractivity (Wildman–Crippen MR) is 93.4 cm³/mol. The molecule has 6 heteroatoms. The molecular formula is C17H20ClNO3S. The molecule has 0 saturated heterocycles. The van der Waals surface area contributed by atoms with Gasteiger partial charge in [-0.2, -0.15) is 0 Å². The largest absolute Gasteiger partial charge is 0.494 e. The molecule has 124 valence electrons. The predicted octanol–water partition coefficient (Wildman–Crippen LogP) is 3.85. The Labute approximate surface area is 145 Å². The number of nitrogens with one attached hydrogen (secondary N) is 1. The van der Waals surface area contributed by atoms with E-state index in [1.807, 2.05) is 43.3 Å². The van der Waals surface area contributed by atoms with Crippen molar-refractivity contribution in [3.8, 4) is 5.75 Å². The minimum atomic E-state index is -0.184. The second kappa shape index (κ2) is 8.91. The van der Waals surface area contributed by atoms with Crippen molar-refractivity contribution in [2.24, 2.45) is 0 Å². The Balaban J connectivity index is 1.84. The number of amides is 1. The number of carbonyl (C=O) groups excluding carboxylic acids is 1. The summed E-state index contributed by atoms with van der Waals surface area (Å²) in [4.78, 5) is 13.1. The summed E-state index contributed by atoms with van der Waals surface area (Å²) in [5.74, 6) is 0.768. The van der Waals surface area contributed by atoms with Gasteiger partial charge in [0.25, 0.3) is 0 Å². The minimum Gasteiger partial charge on any atom is -0.494 e. The van der Waals surface area contributed by atoms with Crippen molar-refractivity contribution in [3.63, 3.8) is 0 Å². The van der Waals surface area contributed by atoms with Crippen LogP contribution in [0.1, 0.15) is 23.5 Å². The molecule has 0 saturated carbocycles. The van der Waals surface area contributed by atoms with E-state index >= 15 is 0 Å². The lowest BCUT2D eigenvalue weighted by atomic mass is 10.1. The molecule has 0 aliphatic heterocycles. The van der Waals surface area contributed by atoms with Crippen LogP contribution in [0.2, 0.25) is 4.34 Å². The average Bonchev–Trinajstić information content (AvgIpc) is 2.96. The molecule has 0 aliphatic rings. The number of thiophene rings is 1. The Morgan fingerprint density at radius 1 is 1.26 bits per heavy atom. The van der Waals surface area contributed by atoms with Crippen LogP contribution in [0, 0.1) is 0 Å². The number of hydrogen-bond donors (Lipinski definition) is 1. The van der Waals surface area contributed by atoms with Gasteiger partial charge in [-0.3, -0.25) is 4.79 Å². The van der Waals surface area contributed by atoms with Crippen molar-refractivity contribution >= 4 is 28.8 Å². The van der Waals surface area contributed by atoms with Crippen LogP contribution in [0.3, 0.4) is 0 Å². The lowest BCUT2D eigenvalue weighted by molar-refractivity contribution is -0.121. The molecule has 0 aliphatic carbocycles. The van der Waals surface area contributed by atoms with Crippen molar-refractivity contribution in [1.29, 1.82) is 0 Å². The Bertz CT molecular complexity index is 627. The molecular weight excluding hydrogens is 334 g/mol. The molecule has 2 aromatic rings. The Hall–Kier alpha value is -1.56. The SMILES string of the molecule is CCOc1ccc(CC(=O)NCC(OC)c2ccc(Cl)s2)cc1. The third kappa shape index (κ3) is 5.53. The highest BCUT2D eigenvalue weighted by atomic mass is 35.5. The van der Waals surface area contributed by atoms with E-state index in [4.69, 9.17) is 21.1 Å². The highest BCUT2D eigenvalue weighted by molar-refractivity contribution is 7.16. The molecule has 1 unspecified atom stereocenters. The first kappa shape index (κ1) is 17.8. The number of rotatable bonds is 8. The van der Waals surface area contributed by atoms with Gasteiger partial charge >= 0.3 is 0 Å². The molecule has 23 heavy (non-hydrogen) atoms. The second-order valence-corrected chi connectivity index (χ2v) is 6.67. The maximum absolute atomic E-state index is 12.1. The monoisotopic (exact) mass is 353 g/mol. The van der Waals surface area contributed by atoms with Gasteiger partial charge in [-0.05, 0) is 36.8 Å². The molecule has 1 aromatic carbocycles. The zero-order chi connectivity index (χ0) is 16.7. The van der Waals surface area contributed by atoms with Crippen LogP contribution in [-0.4, -0.2) is 26.2 Å². The van der Waals surface area contributed by atoms with E-state index in [9.17, 15) is 4.79 Å². The average molecular weight is 354 g/mol. The summed E-state index contributed by atoms with van der Waals surface area (Å²) in [5, 5.41) is 2.90. The van der Waals surface area contributed by atoms with Crippen LogP contribution in [0.15, 0.2) is 36.4 Å². The first-order chi connectivity index (χ1) is 11.1. The van der Waals surface area contributed by atoms with E-state index in [-0.39, 0.29) is 12.0 Å². The fourth-order valence-corrected chi connectivity index (χ4v) is 3.26. The van der Waals surface area contributed by atoms with Gasteiger partial charge in [0, 0.05) is 18.5 Å². The van der Waals surface area contributed by atoms with E-state index < -0.39 is 0 Å². The van der Waals surface area contributed by atoms with Gasteiger partial charge in [0.15, 0.2) is 0 Å². The third-order valence-corrected chi connectivity index (χ3v) is 4.60. The summed E-state index contributed by atoms with van der Waals surface area (Å²) in [6.45, 7) is 2.99. The van der Waals surface area contributed by atoms with Crippen molar-refractivity contribution in [3.05, 3.63) is 51.2 Å². The van der Waals surface area contributed by atoms with E-state index in [0.717, 1.165) is 16.2 Å². The number of carbonyl (C=O) groups is 1. The number of methoxy groups -OCH3 is 1. The third-order valence-electron chi connectivity index (χ3n) is 3.28. The smallest absolute Gasteiger partial charge is 0.224 e. The van der Waals surface area contributed by atoms with Crippen LogP contribution in [0.4, 0.5) is 0 Å². The fourth-order valence-electron chi connectivity index (χ4n) is 2.13. The molecule has 1 amide bonds. The molecule has 4 nitrogen and oxygen atoms in total. The van der Waals surface area contributed by atoms with Crippen LogP contribution < -0.4 is 10.1 Å². The number of halogens is 1. The molecule has 0 bridgehead atoms. The molecule has 0 fully saturated rings. The zero-order valence-corrected chi connectivity index (χ0v) is 14.7. The standard InChI is InChI=1S/C17H20ClNO3S/c1-3-22-13-6-4-12(5-7-13)10-17(20)19-11-14(21-2)15-8-9-16(18)23-15/h4-9,14H,3,10-11H2,1-2H3,(H,19,20). The van der Waals surface area contributed by atoms with Crippen LogP contribution in [-0.2, 0) is 16.0 Å². The van der Waals surface area contributed by atoms with Gasteiger partial charge in [0.2, 0.25) is 5.91 Å². The lowest BCUT2D eigenvalue weighted by Gasteiger charge is -2.14. The molecule has 0 radical (unpaired) electrons. The summed E-state index contributed by atoms with van der Waals surface area (Å²) in [5.41, 5.74) is 0.944. The highest BCUT2D eigenvalue weighted by Gasteiger charge is 2.14. The quantitative estimate of drug-likeness (QED) is 0.784. The summed E-state index contributed by atoms with van der Waals surface area (Å²) in [6, 6.07) is 11.3. The zero-order valence-electron chi connectivity index (χ0n) is 13.2. The summed E-state index contributed by atoms with van der Waals surface area (Å²) in [7, 11) is 1.62. The van der Waals surface area contributed by atoms with Crippen LogP contribution >= 0.6 is 22.9 Å². The normalized spacial score (nSPS) is 12.0. The minimum absolute atomic E-state index is 0.0427. The van der Waals surface area contributed by atoms with Crippen molar-refractivity contribution < 1.29 is 14.3 Å². The van der Waals surface area contributed by atoms with Crippen molar-refractivity contribution in [2.75, 3.05) is 20.3 Å². The maximum atomic E-state index is 12.1. The topological polar surface area (TPSA) is 47.6 Å². The maximum Gasteiger partial charge on any atom is 0.224 e. The summed E-state index contributed by atoms with van der Waals surface area (Å²) in [6.07, 6.45) is 0.144. The molecule has 1 atom stereocenters. The first-order valence-corrected chi connectivity index (χ1v) is 8.58. The molecule has 2 rings (SSSR count). The van der Waals surface area contributed by atoms with E-state index in [1.165, 1.54) is 11.3 Å². The van der Waals surface area contributed by atoms with Gasteiger partial charge < -0.3 is 14.8 Å². The van der Waals surface area contributed by atoms with Gasteiger partial charge in [-0.15, -0.1) is 11.3 Å². The first-order valence-electron chi connectivity index (χ1n) is 7.38. The molecule has 1 heterocycles. The Kier molecular flexibility index (Phi) is 6.89. The number of ether oxygens (including phenoxy) is 2. The Morgan fingerprint density at radius 3 is 2.57 bits per heavy atom. The number of benzene rings is 1. The van der Waals surface area contributed by atoms with Crippen LogP contribution in [0.5, 0.6) is 5.75 Å². The fraction of sp³-hybridized carbons (Fsp3) is 0.353. The van der Waals surface area contributed by atoms with E-state index in [1.54, 1.807) is 7.11 Å². The number of hydrogen-bond acceptors (Lipinski definition) is 4. The van der Waals surface area contributed by atoms with E-state index in [0.29, 0.717) is 23.9 Å².